The lowest BCUT2D eigenvalue weighted by molar-refractivity contribution is 0.868. The maximum atomic E-state index is 3.70. The fourth-order valence-electron chi connectivity index (χ4n) is 1.95. The molecule has 0 saturated heterocycles. The minimum absolute atomic E-state index is 0.475. The molecule has 0 amide bonds. The molecule has 0 fully saturated rings. The molecule has 1 atom stereocenters. The zero-order valence-electron chi connectivity index (χ0n) is 9.49. The molecule has 2 heteroatoms. The van der Waals surface area contributed by atoms with Crippen LogP contribution in [0.3, 0.4) is 0 Å². The molecule has 1 radical (unpaired) electrons. The van der Waals surface area contributed by atoms with Crippen molar-refractivity contribution in [2.24, 2.45) is 0 Å². The Labute approximate surface area is 106 Å². The van der Waals surface area contributed by atoms with Gasteiger partial charge in [-0.3, -0.25) is 0 Å². The van der Waals surface area contributed by atoms with E-state index in [1.165, 1.54) is 29.1 Å². The van der Waals surface area contributed by atoms with E-state index < -0.39 is 0 Å². The molecule has 2 aromatic carbocycles. The number of hydrogen-bond donors (Lipinski definition) is 0. The molecule has 0 aromatic heterocycles. The van der Waals surface area contributed by atoms with Crippen LogP contribution in [0, 0.1) is 0 Å². The van der Waals surface area contributed by atoms with Crippen molar-refractivity contribution in [2.45, 2.75) is 24.5 Å². The lowest BCUT2D eigenvalue weighted by Gasteiger charge is -2.09. The standard InChI is InChI=1S/C14H15BBr/c1-2-6-14(16)15-13-10-5-8-11-7-3-4-9-12(11)13/h3-5,7-10,14H,2,6H2,1H3. The first-order valence-corrected chi connectivity index (χ1v) is 6.69. The molecular weight excluding hydrogens is 259 g/mol. The van der Waals surface area contributed by atoms with Gasteiger partial charge in [0.25, 0.3) is 0 Å². The maximum Gasteiger partial charge on any atom is 0.169 e. The van der Waals surface area contributed by atoms with E-state index in [0.717, 1.165) is 0 Å². The van der Waals surface area contributed by atoms with E-state index in [2.05, 4.69) is 72.6 Å². The van der Waals surface area contributed by atoms with Crippen LogP contribution in [-0.2, 0) is 0 Å². The van der Waals surface area contributed by atoms with Crippen molar-refractivity contribution < 1.29 is 0 Å². The van der Waals surface area contributed by atoms with Crippen LogP contribution in [0.4, 0.5) is 0 Å². The van der Waals surface area contributed by atoms with Crippen molar-refractivity contribution in [2.75, 3.05) is 0 Å². The summed E-state index contributed by atoms with van der Waals surface area (Å²) in [6.07, 6.45) is 2.39. The van der Waals surface area contributed by atoms with Crippen molar-refractivity contribution >= 4 is 39.4 Å². The van der Waals surface area contributed by atoms with Crippen molar-refractivity contribution in [3.63, 3.8) is 0 Å². The molecule has 0 saturated carbocycles. The zero-order valence-corrected chi connectivity index (χ0v) is 11.1. The molecule has 0 N–H and O–H groups in total. The van der Waals surface area contributed by atoms with Crippen LogP contribution in [0.25, 0.3) is 10.8 Å². The van der Waals surface area contributed by atoms with Crippen LogP contribution in [-0.4, -0.2) is 12.0 Å². The predicted molar refractivity (Wildman–Crippen MR) is 77.0 cm³/mol. The van der Waals surface area contributed by atoms with Crippen LogP contribution >= 0.6 is 15.9 Å². The Morgan fingerprint density at radius 2 is 1.88 bits per heavy atom. The van der Waals surface area contributed by atoms with Gasteiger partial charge < -0.3 is 0 Å². The molecule has 0 bridgehead atoms. The van der Waals surface area contributed by atoms with Gasteiger partial charge in [0.05, 0.1) is 0 Å². The number of rotatable bonds is 4. The van der Waals surface area contributed by atoms with Gasteiger partial charge in [-0.25, -0.2) is 0 Å². The molecule has 0 aliphatic heterocycles. The van der Waals surface area contributed by atoms with Gasteiger partial charge in [-0.05, 0) is 21.9 Å². The lowest BCUT2D eigenvalue weighted by atomic mass is 9.64. The Kier molecular flexibility index (Phi) is 4.06. The number of halogens is 1. The molecule has 81 valence electrons. The third-order valence-corrected chi connectivity index (χ3v) is 3.47. The Balaban J connectivity index is 2.30. The number of fused-ring (bicyclic) bond motifs is 1. The highest BCUT2D eigenvalue weighted by atomic mass is 79.9. The zero-order chi connectivity index (χ0) is 11.4. The highest BCUT2D eigenvalue weighted by molar-refractivity contribution is 9.10. The summed E-state index contributed by atoms with van der Waals surface area (Å²) in [5.41, 5.74) is 1.33. The summed E-state index contributed by atoms with van der Waals surface area (Å²) in [5, 5.41) is 2.65. The Bertz CT molecular complexity index is 462. The third kappa shape index (κ3) is 2.68. The molecular formula is C14H15BBr. The SMILES string of the molecule is CCCC(Br)[B]c1cccc2ccccc12. The fraction of sp³-hybridized carbons (Fsp3) is 0.286. The van der Waals surface area contributed by atoms with Crippen molar-refractivity contribution in [1.82, 2.24) is 0 Å². The van der Waals surface area contributed by atoms with Crippen LogP contribution in [0.15, 0.2) is 42.5 Å². The summed E-state index contributed by atoms with van der Waals surface area (Å²) in [7, 11) is 2.31. The van der Waals surface area contributed by atoms with Crippen LogP contribution < -0.4 is 5.46 Å². The predicted octanol–water partition coefficient (Wildman–Crippen LogP) is 3.69. The molecule has 0 aliphatic carbocycles. The molecule has 0 nitrogen and oxygen atoms in total. The van der Waals surface area contributed by atoms with Gasteiger partial charge in [-0.2, -0.15) is 0 Å². The molecule has 1 unspecified atom stereocenters. The van der Waals surface area contributed by atoms with E-state index in [0.29, 0.717) is 4.73 Å². The van der Waals surface area contributed by atoms with Crippen molar-refractivity contribution in [3.05, 3.63) is 42.5 Å². The monoisotopic (exact) mass is 273 g/mol. The molecule has 2 rings (SSSR count). The summed E-state index contributed by atoms with van der Waals surface area (Å²) < 4.78 is 0.475. The van der Waals surface area contributed by atoms with Crippen LogP contribution in [0.1, 0.15) is 19.8 Å². The van der Waals surface area contributed by atoms with Gasteiger partial charge in [0.1, 0.15) is 0 Å². The van der Waals surface area contributed by atoms with Gasteiger partial charge >= 0.3 is 0 Å². The minimum atomic E-state index is 0.475. The molecule has 0 aliphatic rings. The lowest BCUT2D eigenvalue weighted by Crippen LogP contribution is -2.24. The summed E-state index contributed by atoms with van der Waals surface area (Å²) in [4.78, 5) is 0. The van der Waals surface area contributed by atoms with Gasteiger partial charge in [-0.15, -0.1) is 0 Å². The molecule has 0 heterocycles. The normalized spacial score (nSPS) is 12.6. The summed E-state index contributed by atoms with van der Waals surface area (Å²) >= 11 is 3.70. The Morgan fingerprint density at radius 3 is 2.69 bits per heavy atom. The van der Waals surface area contributed by atoms with E-state index in [1.807, 2.05) is 0 Å². The van der Waals surface area contributed by atoms with Gasteiger partial charge in [0.15, 0.2) is 7.28 Å². The highest BCUT2D eigenvalue weighted by Gasteiger charge is 2.08. The van der Waals surface area contributed by atoms with E-state index >= 15 is 0 Å². The second-order valence-electron chi connectivity index (χ2n) is 4.04. The van der Waals surface area contributed by atoms with E-state index in [9.17, 15) is 0 Å². The second kappa shape index (κ2) is 5.54. The van der Waals surface area contributed by atoms with E-state index in [4.69, 9.17) is 0 Å². The number of hydrogen-bond acceptors (Lipinski definition) is 0. The summed E-state index contributed by atoms with van der Waals surface area (Å²) in [6.45, 7) is 2.21. The van der Waals surface area contributed by atoms with Gasteiger partial charge in [0, 0.05) is 0 Å². The van der Waals surface area contributed by atoms with E-state index in [1.54, 1.807) is 0 Å². The van der Waals surface area contributed by atoms with E-state index in [-0.39, 0.29) is 0 Å². The van der Waals surface area contributed by atoms with Crippen LogP contribution in [0.2, 0.25) is 0 Å². The third-order valence-electron chi connectivity index (χ3n) is 2.75. The average Bonchev–Trinajstić information content (AvgIpc) is 2.30. The highest BCUT2D eigenvalue weighted by Crippen LogP contribution is 2.13. The smallest absolute Gasteiger partial charge is 0.0983 e. The number of benzene rings is 2. The van der Waals surface area contributed by atoms with Gasteiger partial charge in [0.2, 0.25) is 0 Å². The first-order chi connectivity index (χ1) is 7.81. The molecule has 2 aromatic rings. The van der Waals surface area contributed by atoms with Crippen LogP contribution in [0.5, 0.6) is 0 Å². The van der Waals surface area contributed by atoms with Crippen molar-refractivity contribution in [1.29, 1.82) is 0 Å². The summed E-state index contributed by atoms with van der Waals surface area (Å²) in [6, 6.07) is 15.0. The second-order valence-corrected chi connectivity index (χ2v) is 5.22. The Morgan fingerprint density at radius 1 is 1.12 bits per heavy atom. The topological polar surface area (TPSA) is 0 Å². The Hall–Kier alpha value is -0.755. The molecule has 16 heavy (non-hydrogen) atoms. The first kappa shape index (κ1) is 11.7. The largest absolute Gasteiger partial charge is 0.169 e. The van der Waals surface area contributed by atoms with Gasteiger partial charge in [-0.1, -0.05) is 77.2 Å². The minimum Gasteiger partial charge on any atom is -0.0983 e. The number of alkyl halides is 1. The fourth-order valence-corrected chi connectivity index (χ4v) is 2.69. The summed E-state index contributed by atoms with van der Waals surface area (Å²) in [5.74, 6) is 0. The molecule has 0 spiro atoms. The first-order valence-electron chi connectivity index (χ1n) is 5.78. The maximum absolute atomic E-state index is 3.70. The quantitative estimate of drug-likeness (QED) is 0.589. The van der Waals surface area contributed by atoms with Crippen molar-refractivity contribution in [3.8, 4) is 0 Å². The average molecular weight is 274 g/mol.